The van der Waals surface area contributed by atoms with Gasteiger partial charge in [0.15, 0.2) is 0 Å². The monoisotopic (exact) mass is 748 g/mol. The minimum Gasteiger partial charge on any atom is -0.480 e. The van der Waals surface area contributed by atoms with E-state index in [1.165, 1.54) is 6.92 Å². The van der Waals surface area contributed by atoms with Crippen molar-refractivity contribution in [2.45, 2.75) is 57.2 Å². The molecule has 22 heteroatoms. The summed E-state index contributed by atoms with van der Waals surface area (Å²) in [6.45, 7) is -0.425. The van der Waals surface area contributed by atoms with Gasteiger partial charge in [-0.3, -0.25) is 43.2 Å². The van der Waals surface area contributed by atoms with Gasteiger partial charge in [0.1, 0.15) is 24.7 Å². The molecule has 0 aromatic rings. The van der Waals surface area contributed by atoms with Crippen molar-refractivity contribution < 1.29 is 53.4 Å². The third kappa shape index (κ3) is 24.3. The minimum atomic E-state index is -1.33. The van der Waals surface area contributed by atoms with E-state index in [0.717, 1.165) is 11.8 Å². The van der Waals surface area contributed by atoms with Crippen molar-refractivity contribution in [3.05, 3.63) is 0 Å². The van der Waals surface area contributed by atoms with E-state index < -0.39 is 85.1 Å². The lowest BCUT2D eigenvalue weighted by atomic mass is 10.1. The molecule has 0 saturated carbocycles. The number of aliphatic hydroxyl groups excluding tert-OH is 1. The third-order valence-electron chi connectivity index (χ3n) is 6.42. The molecule has 0 aromatic carbocycles. The molecule has 0 rings (SSSR count). The first-order chi connectivity index (χ1) is 24.1. The Morgan fingerprint density at radius 3 is 1.88 bits per heavy atom. The van der Waals surface area contributed by atoms with Crippen molar-refractivity contribution in [3.8, 4) is 0 Å². The van der Waals surface area contributed by atoms with Crippen LogP contribution in [0, 0.1) is 0 Å². The molecule has 21 nitrogen and oxygen atoms in total. The van der Waals surface area contributed by atoms with Crippen molar-refractivity contribution in [2.24, 2.45) is 5.73 Å². The number of carboxylic acid groups (broad SMARTS) is 1. The largest absolute Gasteiger partial charge is 0.480 e. The van der Waals surface area contributed by atoms with Crippen LogP contribution in [0.5, 0.6) is 0 Å². The Morgan fingerprint density at radius 2 is 1.29 bits per heavy atom. The molecule has 8 amide bonds. The average molecular weight is 749 g/mol. The van der Waals surface area contributed by atoms with E-state index in [4.69, 9.17) is 10.8 Å². The summed E-state index contributed by atoms with van der Waals surface area (Å²) in [5, 5.41) is 37.8. The number of nitrogens with one attached hydrogen (secondary N) is 8. The Labute approximate surface area is 300 Å². The molecule has 51 heavy (non-hydrogen) atoms. The highest BCUT2D eigenvalue weighted by molar-refractivity contribution is 7.99. The number of rotatable bonds is 27. The molecule has 0 aliphatic carbocycles. The van der Waals surface area contributed by atoms with E-state index in [-0.39, 0.29) is 56.4 Å². The van der Waals surface area contributed by atoms with Gasteiger partial charge in [-0.25, -0.2) is 0 Å². The number of likely N-dealkylation sites (N-methyl/N-ethyl adjacent to an activating group) is 1. The van der Waals surface area contributed by atoms with Gasteiger partial charge >= 0.3 is 5.97 Å². The average Bonchev–Trinajstić information content (AvgIpc) is 3.05. The van der Waals surface area contributed by atoms with Gasteiger partial charge in [0.25, 0.3) is 0 Å². The first-order valence-electron chi connectivity index (χ1n) is 16.1. The zero-order valence-electron chi connectivity index (χ0n) is 29.1. The molecular weight excluding hydrogens is 696 g/mol. The molecule has 0 heterocycles. The van der Waals surface area contributed by atoms with Crippen LogP contribution in [-0.4, -0.2) is 158 Å². The lowest BCUT2D eigenvalue weighted by Crippen LogP contribution is -2.56. The van der Waals surface area contributed by atoms with Crippen LogP contribution in [-0.2, 0) is 43.2 Å². The van der Waals surface area contributed by atoms with Crippen LogP contribution >= 0.6 is 11.8 Å². The molecule has 0 radical (unpaired) electrons. The SMILES string of the molecule is CC(=O)NCSCC(NC(=O)C(CO)NC(=O)CN(C)C)C(=O)NCCC(=O)NCCC(=O)NCC(=O)NC(CCCCN)C(=O)NCC(=O)O. The van der Waals surface area contributed by atoms with E-state index in [2.05, 4.69) is 42.5 Å². The maximum atomic E-state index is 12.9. The van der Waals surface area contributed by atoms with Crippen molar-refractivity contribution in [3.63, 3.8) is 0 Å². The highest BCUT2D eigenvalue weighted by Crippen LogP contribution is 2.03. The number of aliphatic carboxylic acids is 1. The van der Waals surface area contributed by atoms with Crippen molar-refractivity contribution in [1.82, 2.24) is 47.4 Å². The van der Waals surface area contributed by atoms with Crippen LogP contribution < -0.4 is 48.3 Å². The predicted octanol–water partition coefficient (Wildman–Crippen LogP) is -5.72. The van der Waals surface area contributed by atoms with Gasteiger partial charge in [0.05, 0.1) is 25.6 Å². The molecule has 0 spiro atoms. The summed E-state index contributed by atoms with van der Waals surface area (Å²) in [7, 11) is 3.29. The summed E-state index contributed by atoms with van der Waals surface area (Å²) < 4.78 is 0. The predicted molar refractivity (Wildman–Crippen MR) is 184 cm³/mol. The van der Waals surface area contributed by atoms with Gasteiger partial charge in [0, 0.05) is 38.6 Å². The van der Waals surface area contributed by atoms with Crippen LogP contribution in [0.2, 0.25) is 0 Å². The summed E-state index contributed by atoms with van der Waals surface area (Å²) in [5.74, 6) is -5.88. The molecule has 0 aliphatic rings. The number of amides is 8. The fourth-order valence-electron chi connectivity index (χ4n) is 3.89. The van der Waals surface area contributed by atoms with E-state index in [1.54, 1.807) is 19.0 Å². The lowest BCUT2D eigenvalue weighted by Gasteiger charge is -2.22. The molecule has 0 fully saturated rings. The van der Waals surface area contributed by atoms with Crippen molar-refractivity contribution in [2.75, 3.05) is 71.6 Å². The van der Waals surface area contributed by atoms with E-state index in [9.17, 15) is 48.3 Å². The minimum absolute atomic E-state index is 0.00778. The Hall–Kier alpha value is -4.54. The number of hydrogen-bond donors (Lipinski definition) is 11. The molecule has 3 unspecified atom stereocenters. The third-order valence-corrected chi connectivity index (χ3v) is 7.34. The number of thioether (sulfide) groups is 1. The number of nitrogens with zero attached hydrogens (tertiary/aromatic N) is 1. The Morgan fingerprint density at radius 1 is 0.686 bits per heavy atom. The van der Waals surface area contributed by atoms with Gasteiger partial charge in [-0.05, 0) is 39.9 Å². The number of aliphatic hydroxyl groups is 1. The van der Waals surface area contributed by atoms with E-state index >= 15 is 0 Å². The topological polar surface area (TPSA) is 320 Å². The van der Waals surface area contributed by atoms with Crippen molar-refractivity contribution >= 4 is 65.0 Å². The molecular formula is C29H52N10O11S. The Kier molecular flexibility index (Phi) is 24.8. The van der Waals surface area contributed by atoms with Crippen LogP contribution in [0.1, 0.15) is 39.0 Å². The van der Waals surface area contributed by atoms with E-state index in [0.29, 0.717) is 19.4 Å². The quantitative estimate of drug-likeness (QED) is 0.0276. The maximum Gasteiger partial charge on any atom is 0.322 e. The number of carbonyl (C=O) groups is 9. The second-order valence-electron chi connectivity index (χ2n) is 11.3. The second kappa shape index (κ2) is 27.2. The summed E-state index contributed by atoms with van der Waals surface area (Å²) in [5.41, 5.74) is 5.45. The van der Waals surface area contributed by atoms with Gasteiger partial charge in [-0.15, -0.1) is 11.8 Å². The highest BCUT2D eigenvalue weighted by Gasteiger charge is 2.27. The van der Waals surface area contributed by atoms with Gasteiger partial charge < -0.3 is 63.4 Å². The van der Waals surface area contributed by atoms with Crippen LogP contribution in [0.15, 0.2) is 0 Å². The number of nitrogens with two attached hydrogens (primary N) is 1. The second-order valence-corrected chi connectivity index (χ2v) is 12.3. The van der Waals surface area contributed by atoms with E-state index in [1.807, 2.05) is 0 Å². The first kappa shape index (κ1) is 46.5. The number of carboxylic acids is 1. The van der Waals surface area contributed by atoms with Gasteiger partial charge in [-0.2, -0.15) is 0 Å². The zero-order valence-corrected chi connectivity index (χ0v) is 29.9. The Balaban J connectivity index is 4.80. The number of carbonyl (C=O) groups excluding carboxylic acids is 8. The molecule has 290 valence electrons. The summed E-state index contributed by atoms with van der Waals surface area (Å²) in [6, 6.07) is -3.50. The molecule has 0 saturated heterocycles. The van der Waals surface area contributed by atoms with Crippen LogP contribution in [0.4, 0.5) is 0 Å². The normalized spacial score (nSPS) is 12.4. The van der Waals surface area contributed by atoms with Gasteiger partial charge in [-0.1, -0.05) is 0 Å². The molecule has 3 atom stereocenters. The number of unbranched alkanes of at least 4 members (excludes halogenated alkanes) is 1. The number of hydrogen-bond acceptors (Lipinski definition) is 13. The summed E-state index contributed by atoms with van der Waals surface area (Å²) in [6.07, 6.45) is 0.907. The fourth-order valence-corrected chi connectivity index (χ4v) is 4.79. The molecule has 0 bridgehead atoms. The fraction of sp³-hybridized carbons (Fsp3) is 0.690. The summed E-state index contributed by atoms with van der Waals surface area (Å²) >= 11 is 1.12. The molecule has 12 N–H and O–H groups in total. The lowest BCUT2D eigenvalue weighted by molar-refractivity contribution is -0.138. The first-order valence-corrected chi connectivity index (χ1v) is 17.2. The Bertz CT molecular complexity index is 1190. The maximum absolute atomic E-state index is 12.9. The standard InChI is InChI=1S/C29H52N10O11S/c1-18(41)35-17-51-16-21(38-29(50)20(15-40)37-25(45)14-39(2)3)28(49)32-11-8-22(42)31-10-7-23(43)33-12-24(44)36-19(6-4-5-9-30)27(48)34-13-26(46)47/h19-21,40H,4-17,30H2,1-3H3,(H,31,42)(H,32,49)(H,33,43)(H,34,48)(H,35,41)(H,36,44)(H,37,45)(H,38,50)(H,46,47). The molecule has 0 aromatic heterocycles. The highest BCUT2D eigenvalue weighted by atomic mass is 32.2. The zero-order chi connectivity index (χ0) is 38.8. The summed E-state index contributed by atoms with van der Waals surface area (Å²) in [4.78, 5) is 110. The van der Waals surface area contributed by atoms with Crippen molar-refractivity contribution in [1.29, 1.82) is 0 Å². The van der Waals surface area contributed by atoms with Gasteiger partial charge in [0.2, 0.25) is 47.3 Å². The molecule has 0 aliphatic heterocycles. The van der Waals surface area contributed by atoms with Crippen LogP contribution in [0.3, 0.4) is 0 Å². The van der Waals surface area contributed by atoms with Crippen LogP contribution in [0.25, 0.3) is 0 Å². The smallest absolute Gasteiger partial charge is 0.322 e.